The molecular formula is C14H14ClNO2S. The molecule has 1 aromatic carbocycles. The highest BCUT2D eigenvalue weighted by Gasteiger charge is 2.13. The number of hydrogen-bond acceptors (Lipinski definition) is 3. The maximum Gasteiger partial charge on any atom is 0.256 e. The van der Waals surface area contributed by atoms with Crippen molar-refractivity contribution in [2.45, 2.75) is 13.8 Å². The molecule has 2 rings (SSSR count). The molecule has 0 saturated heterocycles. The van der Waals surface area contributed by atoms with E-state index < -0.39 is 0 Å². The Morgan fingerprint density at radius 3 is 2.63 bits per heavy atom. The second-order valence-electron chi connectivity index (χ2n) is 4.13. The second-order valence-corrected chi connectivity index (χ2v) is 5.62. The number of thiophene rings is 1. The van der Waals surface area contributed by atoms with Gasteiger partial charge in [0.1, 0.15) is 5.75 Å². The van der Waals surface area contributed by atoms with Crippen LogP contribution in [0.15, 0.2) is 23.6 Å². The maximum atomic E-state index is 12.1. The highest BCUT2D eigenvalue weighted by molar-refractivity contribution is 7.10. The van der Waals surface area contributed by atoms with E-state index in [1.807, 2.05) is 19.2 Å². The lowest BCUT2D eigenvalue weighted by Gasteiger charge is -2.08. The van der Waals surface area contributed by atoms with E-state index in [0.717, 1.165) is 10.4 Å². The van der Waals surface area contributed by atoms with Crippen LogP contribution in [0.3, 0.4) is 0 Å². The molecule has 0 radical (unpaired) electrons. The third-order valence-corrected chi connectivity index (χ3v) is 4.25. The molecule has 1 heterocycles. The third-order valence-electron chi connectivity index (χ3n) is 2.94. The fourth-order valence-electron chi connectivity index (χ4n) is 1.68. The summed E-state index contributed by atoms with van der Waals surface area (Å²) in [6, 6.07) is 5.16. The van der Waals surface area contributed by atoms with Crippen molar-refractivity contribution in [2.75, 3.05) is 12.4 Å². The van der Waals surface area contributed by atoms with Crippen LogP contribution in [0.2, 0.25) is 5.02 Å². The topological polar surface area (TPSA) is 38.3 Å². The van der Waals surface area contributed by atoms with Crippen LogP contribution in [0.1, 0.15) is 20.8 Å². The van der Waals surface area contributed by atoms with Crippen molar-refractivity contribution >= 4 is 34.5 Å². The van der Waals surface area contributed by atoms with Gasteiger partial charge in [0.25, 0.3) is 5.91 Å². The van der Waals surface area contributed by atoms with Gasteiger partial charge in [-0.1, -0.05) is 11.6 Å². The predicted molar refractivity (Wildman–Crippen MR) is 79.8 cm³/mol. The number of rotatable bonds is 3. The molecule has 0 bridgehead atoms. The van der Waals surface area contributed by atoms with Crippen LogP contribution in [0.25, 0.3) is 0 Å². The van der Waals surface area contributed by atoms with E-state index in [2.05, 4.69) is 5.32 Å². The minimum Gasteiger partial charge on any atom is -0.495 e. The summed E-state index contributed by atoms with van der Waals surface area (Å²) in [5.41, 5.74) is 2.37. The summed E-state index contributed by atoms with van der Waals surface area (Å²) in [7, 11) is 1.55. The van der Waals surface area contributed by atoms with Gasteiger partial charge < -0.3 is 10.1 Å². The van der Waals surface area contributed by atoms with Gasteiger partial charge in [-0.25, -0.2) is 0 Å². The second kappa shape index (κ2) is 5.63. The smallest absolute Gasteiger partial charge is 0.256 e. The van der Waals surface area contributed by atoms with Crippen molar-refractivity contribution in [3.8, 4) is 5.75 Å². The molecule has 5 heteroatoms. The lowest BCUT2D eigenvalue weighted by molar-refractivity contribution is 0.102. The van der Waals surface area contributed by atoms with Crippen molar-refractivity contribution in [1.82, 2.24) is 0 Å². The summed E-state index contributed by atoms with van der Waals surface area (Å²) in [4.78, 5) is 13.3. The van der Waals surface area contributed by atoms with Crippen LogP contribution < -0.4 is 10.1 Å². The third kappa shape index (κ3) is 2.91. The quantitative estimate of drug-likeness (QED) is 0.918. The van der Waals surface area contributed by atoms with Crippen molar-refractivity contribution in [3.63, 3.8) is 0 Å². The monoisotopic (exact) mass is 295 g/mol. The van der Waals surface area contributed by atoms with Crippen LogP contribution >= 0.6 is 22.9 Å². The van der Waals surface area contributed by atoms with Gasteiger partial charge >= 0.3 is 0 Å². The minimum atomic E-state index is -0.122. The predicted octanol–water partition coefficient (Wildman–Crippen LogP) is 4.28. The van der Waals surface area contributed by atoms with Gasteiger partial charge in [-0.2, -0.15) is 0 Å². The van der Waals surface area contributed by atoms with E-state index in [1.165, 1.54) is 0 Å². The number of carbonyl (C=O) groups excluding carboxylic acids is 1. The maximum absolute atomic E-state index is 12.1. The number of carbonyl (C=O) groups is 1. The number of anilines is 1. The standard InChI is InChI=1S/C14H14ClNO2S/c1-8-9(2)19-7-11(8)14(17)16-10-4-5-13(18-3)12(15)6-10/h4-7H,1-3H3,(H,16,17). The molecule has 0 fully saturated rings. The SMILES string of the molecule is COc1ccc(NC(=O)c2csc(C)c2C)cc1Cl. The van der Waals surface area contributed by atoms with E-state index in [-0.39, 0.29) is 5.91 Å². The van der Waals surface area contributed by atoms with Gasteiger partial charge in [-0.05, 0) is 37.6 Å². The first kappa shape index (κ1) is 13.9. The lowest BCUT2D eigenvalue weighted by atomic mass is 10.1. The van der Waals surface area contributed by atoms with Gasteiger partial charge in [-0.15, -0.1) is 11.3 Å². The summed E-state index contributed by atoms with van der Waals surface area (Å²) in [5.74, 6) is 0.463. The molecule has 1 aromatic heterocycles. The average Bonchev–Trinajstić information content (AvgIpc) is 2.70. The lowest BCUT2D eigenvalue weighted by Crippen LogP contribution is -2.12. The molecule has 0 aliphatic heterocycles. The highest BCUT2D eigenvalue weighted by Crippen LogP contribution is 2.28. The van der Waals surface area contributed by atoms with Crippen LogP contribution in [-0.4, -0.2) is 13.0 Å². The van der Waals surface area contributed by atoms with E-state index in [9.17, 15) is 4.79 Å². The van der Waals surface area contributed by atoms with Crippen molar-refractivity contribution in [1.29, 1.82) is 0 Å². The van der Waals surface area contributed by atoms with E-state index in [0.29, 0.717) is 22.0 Å². The van der Waals surface area contributed by atoms with E-state index in [1.54, 1.807) is 36.6 Å². The van der Waals surface area contributed by atoms with Crippen molar-refractivity contribution in [2.24, 2.45) is 0 Å². The van der Waals surface area contributed by atoms with Gasteiger partial charge in [0.2, 0.25) is 0 Å². The van der Waals surface area contributed by atoms with Crippen LogP contribution in [0.5, 0.6) is 5.75 Å². The largest absolute Gasteiger partial charge is 0.495 e. The first-order chi connectivity index (χ1) is 9.02. The van der Waals surface area contributed by atoms with Crippen LogP contribution in [0.4, 0.5) is 5.69 Å². The Labute approximate surface area is 121 Å². The molecule has 1 amide bonds. The van der Waals surface area contributed by atoms with Crippen molar-refractivity contribution < 1.29 is 9.53 Å². The summed E-state index contributed by atoms with van der Waals surface area (Å²) >= 11 is 7.59. The number of amides is 1. The molecular weight excluding hydrogens is 282 g/mol. The van der Waals surface area contributed by atoms with E-state index >= 15 is 0 Å². The first-order valence-electron chi connectivity index (χ1n) is 5.72. The summed E-state index contributed by atoms with van der Waals surface area (Å²) in [6.45, 7) is 3.95. The fourth-order valence-corrected chi connectivity index (χ4v) is 2.80. The molecule has 1 N–H and O–H groups in total. The molecule has 0 atom stereocenters. The molecule has 0 unspecified atom stereocenters. The van der Waals surface area contributed by atoms with Crippen LogP contribution in [0, 0.1) is 13.8 Å². The Morgan fingerprint density at radius 1 is 1.37 bits per heavy atom. The molecule has 0 saturated carbocycles. The van der Waals surface area contributed by atoms with E-state index in [4.69, 9.17) is 16.3 Å². The molecule has 2 aromatic rings. The molecule has 0 aliphatic carbocycles. The zero-order valence-electron chi connectivity index (χ0n) is 10.9. The number of methoxy groups -OCH3 is 1. The zero-order chi connectivity index (χ0) is 14.0. The summed E-state index contributed by atoms with van der Waals surface area (Å²) in [5, 5.41) is 5.17. The van der Waals surface area contributed by atoms with Gasteiger partial charge in [0, 0.05) is 15.9 Å². The Bertz CT molecular complexity index is 622. The fraction of sp³-hybridized carbons (Fsp3) is 0.214. The summed E-state index contributed by atoms with van der Waals surface area (Å²) < 4.78 is 5.07. The van der Waals surface area contributed by atoms with Gasteiger partial charge in [-0.3, -0.25) is 4.79 Å². The number of hydrogen-bond donors (Lipinski definition) is 1. The van der Waals surface area contributed by atoms with Gasteiger partial charge in [0.15, 0.2) is 0 Å². The first-order valence-corrected chi connectivity index (χ1v) is 6.98. The van der Waals surface area contributed by atoms with Crippen LogP contribution in [-0.2, 0) is 0 Å². The highest BCUT2D eigenvalue weighted by atomic mass is 35.5. The van der Waals surface area contributed by atoms with Gasteiger partial charge in [0.05, 0.1) is 17.7 Å². The Balaban J connectivity index is 2.19. The number of ether oxygens (including phenoxy) is 1. The normalized spacial score (nSPS) is 10.3. The number of halogens is 1. The van der Waals surface area contributed by atoms with Crippen molar-refractivity contribution in [3.05, 3.63) is 44.6 Å². The molecule has 0 spiro atoms. The number of benzene rings is 1. The molecule has 0 aliphatic rings. The summed E-state index contributed by atoms with van der Waals surface area (Å²) in [6.07, 6.45) is 0. The minimum absolute atomic E-state index is 0.122. The number of nitrogens with one attached hydrogen (secondary N) is 1. The Kier molecular flexibility index (Phi) is 4.12. The molecule has 3 nitrogen and oxygen atoms in total. The average molecular weight is 296 g/mol. The zero-order valence-corrected chi connectivity index (χ0v) is 12.5. The Morgan fingerprint density at radius 2 is 2.11 bits per heavy atom. The molecule has 100 valence electrons. The number of aryl methyl sites for hydroxylation is 1. The molecule has 19 heavy (non-hydrogen) atoms. The Hall–Kier alpha value is -1.52.